The molecule has 0 aliphatic carbocycles. The third kappa shape index (κ3) is 1.52. The maximum atomic E-state index is 10.9. The summed E-state index contributed by atoms with van der Waals surface area (Å²) in [6, 6.07) is 1.83. The Morgan fingerprint density at radius 3 is 2.87 bits per heavy atom. The molecular formula is C10H10N2O3. The van der Waals surface area contributed by atoms with Crippen LogP contribution in [0.5, 0.6) is 0 Å². The van der Waals surface area contributed by atoms with Crippen molar-refractivity contribution in [2.75, 3.05) is 0 Å². The van der Waals surface area contributed by atoms with Gasteiger partial charge in [-0.05, 0) is 13.0 Å². The van der Waals surface area contributed by atoms with Gasteiger partial charge in [0, 0.05) is 25.0 Å². The highest BCUT2D eigenvalue weighted by Gasteiger charge is 2.20. The molecule has 0 saturated carbocycles. The van der Waals surface area contributed by atoms with E-state index in [4.69, 9.17) is 9.63 Å². The standard InChI is InChI=1S/C10H10N2O3/c1-6-8(7-3-4-12(2)5-7)9(10(13)14)11-15-6/h3-5H,1-2H3,(H,13,14). The fourth-order valence-corrected chi connectivity index (χ4v) is 1.51. The van der Waals surface area contributed by atoms with Gasteiger partial charge in [0.05, 0.1) is 5.56 Å². The van der Waals surface area contributed by atoms with Crippen LogP contribution in [0.4, 0.5) is 0 Å². The average molecular weight is 206 g/mol. The summed E-state index contributed by atoms with van der Waals surface area (Å²) < 4.78 is 6.72. The molecular weight excluding hydrogens is 196 g/mol. The van der Waals surface area contributed by atoms with Crippen molar-refractivity contribution in [2.24, 2.45) is 7.05 Å². The number of aromatic carboxylic acids is 1. The number of carbonyl (C=O) groups is 1. The van der Waals surface area contributed by atoms with E-state index in [2.05, 4.69) is 5.16 Å². The van der Waals surface area contributed by atoms with Crippen LogP contribution >= 0.6 is 0 Å². The van der Waals surface area contributed by atoms with Crippen molar-refractivity contribution in [1.29, 1.82) is 0 Å². The molecule has 2 aromatic heterocycles. The molecule has 0 radical (unpaired) electrons. The van der Waals surface area contributed by atoms with Crippen molar-refractivity contribution >= 4 is 5.97 Å². The molecule has 0 unspecified atom stereocenters. The summed E-state index contributed by atoms with van der Waals surface area (Å²) in [5.41, 5.74) is 1.30. The van der Waals surface area contributed by atoms with Gasteiger partial charge >= 0.3 is 5.97 Å². The SMILES string of the molecule is Cc1onc(C(=O)O)c1-c1ccn(C)c1. The number of rotatable bonds is 2. The van der Waals surface area contributed by atoms with Gasteiger partial charge in [-0.1, -0.05) is 5.16 Å². The molecule has 0 fully saturated rings. The van der Waals surface area contributed by atoms with E-state index in [0.717, 1.165) is 5.56 Å². The van der Waals surface area contributed by atoms with Crippen LogP contribution in [0, 0.1) is 6.92 Å². The molecule has 0 bridgehead atoms. The monoisotopic (exact) mass is 206 g/mol. The van der Waals surface area contributed by atoms with Gasteiger partial charge in [0.15, 0.2) is 5.69 Å². The number of nitrogens with zero attached hydrogens (tertiary/aromatic N) is 2. The summed E-state index contributed by atoms with van der Waals surface area (Å²) in [6.45, 7) is 1.70. The summed E-state index contributed by atoms with van der Waals surface area (Å²) in [6.07, 6.45) is 3.67. The Hall–Kier alpha value is -2.04. The van der Waals surface area contributed by atoms with Crippen LogP contribution in [0.15, 0.2) is 23.0 Å². The Labute approximate surface area is 85.9 Å². The highest BCUT2D eigenvalue weighted by molar-refractivity contribution is 5.94. The number of carboxylic acids is 1. The molecule has 1 N–H and O–H groups in total. The van der Waals surface area contributed by atoms with Crippen LogP contribution in [-0.2, 0) is 7.05 Å². The quantitative estimate of drug-likeness (QED) is 0.811. The van der Waals surface area contributed by atoms with Gasteiger partial charge in [-0.2, -0.15) is 0 Å². The molecule has 0 aromatic carbocycles. The molecule has 0 saturated heterocycles. The average Bonchev–Trinajstić information content (AvgIpc) is 2.71. The van der Waals surface area contributed by atoms with Crippen LogP contribution < -0.4 is 0 Å². The van der Waals surface area contributed by atoms with Crippen LogP contribution in [-0.4, -0.2) is 20.8 Å². The van der Waals surface area contributed by atoms with Gasteiger partial charge in [0.2, 0.25) is 0 Å². The third-order valence-electron chi connectivity index (χ3n) is 2.19. The van der Waals surface area contributed by atoms with Crippen LogP contribution in [0.25, 0.3) is 11.1 Å². The lowest BCUT2D eigenvalue weighted by molar-refractivity contribution is 0.0686. The maximum Gasteiger partial charge on any atom is 0.358 e. The van der Waals surface area contributed by atoms with Gasteiger partial charge in [0.1, 0.15) is 5.76 Å². The van der Waals surface area contributed by atoms with Gasteiger partial charge in [-0.3, -0.25) is 0 Å². The molecule has 2 heterocycles. The van der Waals surface area contributed by atoms with Gasteiger partial charge < -0.3 is 14.2 Å². The van der Waals surface area contributed by atoms with Crippen LogP contribution in [0.1, 0.15) is 16.2 Å². The van der Waals surface area contributed by atoms with Crippen molar-refractivity contribution in [1.82, 2.24) is 9.72 Å². The maximum absolute atomic E-state index is 10.9. The predicted molar refractivity (Wildman–Crippen MR) is 52.6 cm³/mol. The fourth-order valence-electron chi connectivity index (χ4n) is 1.51. The largest absolute Gasteiger partial charge is 0.476 e. The molecule has 5 heteroatoms. The lowest BCUT2D eigenvalue weighted by atomic mass is 10.1. The Morgan fingerprint density at radius 1 is 1.60 bits per heavy atom. The van der Waals surface area contributed by atoms with E-state index in [1.165, 1.54) is 0 Å². The molecule has 2 aromatic rings. The van der Waals surface area contributed by atoms with E-state index < -0.39 is 5.97 Å². The Kier molecular flexibility index (Phi) is 2.07. The summed E-state index contributed by atoms with van der Waals surface area (Å²) in [7, 11) is 1.87. The van der Waals surface area contributed by atoms with E-state index in [0.29, 0.717) is 11.3 Å². The van der Waals surface area contributed by atoms with E-state index in [1.54, 1.807) is 6.92 Å². The third-order valence-corrected chi connectivity index (χ3v) is 2.19. The normalized spacial score (nSPS) is 10.5. The highest BCUT2D eigenvalue weighted by Crippen LogP contribution is 2.27. The van der Waals surface area contributed by atoms with Gasteiger partial charge in [-0.15, -0.1) is 0 Å². The molecule has 0 aliphatic heterocycles. The molecule has 15 heavy (non-hydrogen) atoms. The fraction of sp³-hybridized carbons (Fsp3) is 0.200. The molecule has 0 aliphatic rings. The molecule has 5 nitrogen and oxygen atoms in total. The minimum Gasteiger partial charge on any atom is -0.476 e. The molecule has 0 atom stereocenters. The second kappa shape index (κ2) is 3.27. The minimum atomic E-state index is -1.08. The number of hydrogen-bond acceptors (Lipinski definition) is 3. The first-order valence-corrected chi connectivity index (χ1v) is 4.41. The van der Waals surface area contributed by atoms with E-state index in [1.807, 2.05) is 30.1 Å². The Bertz CT molecular complexity index is 510. The van der Waals surface area contributed by atoms with Crippen molar-refractivity contribution in [2.45, 2.75) is 6.92 Å². The number of carboxylic acid groups (broad SMARTS) is 1. The van der Waals surface area contributed by atoms with Crippen molar-refractivity contribution < 1.29 is 14.4 Å². The van der Waals surface area contributed by atoms with E-state index >= 15 is 0 Å². The van der Waals surface area contributed by atoms with E-state index in [-0.39, 0.29) is 5.69 Å². The summed E-state index contributed by atoms with van der Waals surface area (Å²) >= 11 is 0. The summed E-state index contributed by atoms with van der Waals surface area (Å²) in [5.74, 6) is -0.565. The molecule has 2 rings (SSSR count). The first-order chi connectivity index (χ1) is 7.09. The molecule has 78 valence electrons. The second-order valence-corrected chi connectivity index (χ2v) is 3.33. The Morgan fingerprint density at radius 2 is 2.33 bits per heavy atom. The zero-order chi connectivity index (χ0) is 11.0. The lowest BCUT2D eigenvalue weighted by Gasteiger charge is -1.94. The molecule has 0 amide bonds. The first kappa shape index (κ1) is 9.51. The minimum absolute atomic E-state index is 0.0429. The predicted octanol–water partition coefficient (Wildman–Crippen LogP) is 1.69. The van der Waals surface area contributed by atoms with Crippen LogP contribution in [0.3, 0.4) is 0 Å². The second-order valence-electron chi connectivity index (χ2n) is 3.33. The lowest BCUT2D eigenvalue weighted by Crippen LogP contribution is -1.98. The zero-order valence-electron chi connectivity index (χ0n) is 8.39. The smallest absolute Gasteiger partial charge is 0.358 e. The Balaban J connectivity index is 2.60. The molecule has 0 spiro atoms. The highest BCUT2D eigenvalue weighted by atomic mass is 16.5. The number of aryl methyl sites for hydroxylation is 2. The zero-order valence-corrected chi connectivity index (χ0v) is 8.39. The van der Waals surface area contributed by atoms with Crippen molar-refractivity contribution in [3.63, 3.8) is 0 Å². The van der Waals surface area contributed by atoms with Crippen LogP contribution in [0.2, 0.25) is 0 Å². The summed E-state index contributed by atoms with van der Waals surface area (Å²) in [5, 5.41) is 12.4. The number of hydrogen-bond donors (Lipinski definition) is 1. The van der Waals surface area contributed by atoms with Gasteiger partial charge in [-0.25, -0.2) is 4.79 Å². The topological polar surface area (TPSA) is 68.3 Å². The summed E-state index contributed by atoms with van der Waals surface area (Å²) in [4.78, 5) is 10.9. The van der Waals surface area contributed by atoms with E-state index in [9.17, 15) is 4.79 Å². The van der Waals surface area contributed by atoms with Crippen molar-refractivity contribution in [3.8, 4) is 11.1 Å². The van der Waals surface area contributed by atoms with Gasteiger partial charge in [0.25, 0.3) is 0 Å². The first-order valence-electron chi connectivity index (χ1n) is 4.41. The number of aromatic nitrogens is 2. The van der Waals surface area contributed by atoms with Crippen molar-refractivity contribution in [3.05, 3.63) is 29.9 Å².